The summed E-state index contributed by atoms with van der Waals surface area (Å²) in [5.74, 6) is -4.81. The number of β-lactam (4-membered cyclic amide) rings is 1. The van der Waals surface area contributed by atoms with E-state index in [1.54, 1.807) is 0 Å². The first-order valence-electron chi connectivity index (χ1n) is 10.4. The van der Waals surface area contributed by atoms with Crippen molar-refractivity contribution in [2.24, 2.45) is 5.16 Å². The van der Waals surface area contributed by atoms with Crippen LogP contribution in [0.5, 0.6) is 0 Å². The topological polar surface area (TPSA) is 194 Å². The number of aromatic nitrogens is 1. The van der Waals surface area contributed by atoms with Crippen molar-refractivity contribution in [1.82, 2.24) is 15.2 Å². The SMILES string of the molecule is CO/N=C(\C(=O)N[C@@H]1C(=O)N2C(C(=O)O)=C(COC(=O)CC(C)=O)CS[C@H]12)c1csc(NC(=O)CCl)n1. The van der Waals surface area contributed by atoms with E-state index < -0.39 is 59.9 Å². The normalized spacial score (nSPS) is 18.9. The summed E-state index contributed by atoms with van der Waals surface area (Å²) in [5.41, 5.74) is -0.376. The number of nitrogens with one attached hydrogen (secondary N) is 2. The standard InChI is InChI=1S/C20H20ClN5O9S2/c1-8(27)3-12(29)35-5-9-6-36-18-14(17(31)26(18)15(9)19(32)33)24-16(30)13(25-34-2)10-7-37-20(22-10)23-11(28)4-21/h7,14,18H,3-6H2,1-2H3,(H,24,30)(H,32,33)(H,22,23,28)/b25-13-/t14-,18-/m1/s1. The van der Waals surface area contributed by atoms with Crippen LogP contribution in [0.1, 0.15) is 19.0 Å². The predicted molar refractivity (Wildman–Crippen MR) is 131 cm³/mol. The minimum Gasteiger partial charge on any atom is -0.477 e. The summed E-state index contributed by atoms with van der Waals surface area (Å²) in [6, 6.07) is -1.08. The fourth-order valence-corrected chi connectivity index (χ4v) is 5.42. The maximum absolute atomic E-state index is 12.9. The molecule has 1 aromatic heterocycles. The second-order valence-corrected chi connectivity index (χ2v) is 9.73. The van der Waals surface area contributed by atoms with E-state index in [1.165, 1.54) is 19.4 Å². The van der Waals surface area contributed by atoms with E-state index in [4.69, 9.17) is 21.2 Å². The quantitative estimate of drug-likeness (QED) is 0.0801. The Labute approximate surface area is 222 Å². The number of carbonyl (C=O) groups is 6. The molecule has 0 radical (unpaired) electrons. The van der Waals surface area contributed by atoms with Crippen molar-refractivity contribution in [3.63, 3.8) is 0 Å². The van der Waals surface area contributed by atoms with Crippen LogP contribution in [-0.4, -0.2) is 92.9 Å². The number of nitrogens with zero attached hydrogens (tertiary/aromatic N) is 3. The van der Waals surface area contributed by atoms with Crippen molar-refractivity contribution in [1.29, 1.82) is 0 Å². The number of amides is 3. The van der Waals surface area contributed by atoms with Crippen molar-refractivity contribution in [3.05, 3.63) is 22.3 Å². The molecule has 1 fully saturated rings. The molecule has 0 bridgehead atoms. The predicted octanol–water partition coefficient (Wildman–Crippen LogP) is -0.0682. The number of esters is 1. The molecule has 0 aliphatic carbocycles. The zero-order chi connectivity index (χ0) is 27.3. The Morgan fingerprint density at radius 3 is 2.68 bits per heavy atom. The molecule has 3 heterocycles. The van der Waals surface area contributed by atoms with E-state index in [0.29, 0.717) is 0 Å². The van der Waals surface area contributed by atoms with Gasteiger partial charge in [-0.05, 0) is 6.92 Å². The highest BCUT2D eigenvalue weighted by molar-refractivity contribution is 8.00. The van der Waals surface area contributed by atoms with Crippen LogP contribution in [0, 0.1) is 0 Å². The molecular formula is C20H20ClN5O9S2. The molecule has 2 aliphatic heterocycles. The minimum atomic E-state index is -1.41. The van der Waals surface area contributed by atoms with Gasteiger partial charge in [0.15, 0.2) is 10.8 Å². The average Bonchev–Trinajstić information content (AvgIpc) is 3.30. The number of alkyl halides is 1. The second-order valence-electron chi connectivity index (χ2n) is 7.50. The van der Waals surface area contributed by atoms with Gasteiger partial charge in [-0.1, -0.05) is 5.16 Å². The summed E-state index contributed by atoms with van der Waals surface area (Å²) >= 11 is 7.63. The molecule has 1 aromatic rings. The lowest BCUT2D eigenvalue weighted by Crippen LogP contribution is -2.71. The number of carbonyl (C=O) groups excluding carboxylic acids is 5. The molecule has 3 rings (SSSR count). The Hall–Kier alpha value is -3.50. The van der Waals surface area contributed by atoms with Gasteiger partial charge in [0.2, 0.25) is 5.91 Å². The molecule has 0 saturated carbocycles. The number of oxime groups is 1. The molecule has 3 amide bonds. The molecule has 14 nitrogen and oxygen atoms in total. The first-order chi connectivity index (χ1) is 17.6. The number of Topliss-reactive ketones (excluding diaryl/α,β-unsaturated/α-hetero) is 1. The number of anilines is 1. The molecule has 37 heavy (non-hydrogen) atoms. The average molecular weight is 574 g/mol. The van der Waals surface area contributed by atoms with Gasteiger partial charge in [0, 0.05) is 16.7 Å². The summed E-state index contributed by atoms with van der Waals surface area (Å²) in [4.78, 5) is 81.7. The van der Waals surface area contributed by atoms with Gasteiger partial charge in [-0.3, -0.25) is 28.9 Å². The van der Waals surface area contributed by atoms with Crippen molar-refractivity contribution in [2.45, 2.75) is 24.8 Å². The highest BCUT2D eigenvalue weighted by Gasteiger charge is 2.54. The summed E-state index contributed by atoms with van der Waals surface area (Å²) in [6.07, 6.45) is -0.451. The number of thiazole rings is 1. The zero-order valence-electron chi connectivity index (χ0n) is 19.3. The van der Waals surface area contributed by atoms with E-state index >= 15 is 0 Å². The van der Waals surface area contributed by atoms with Crippen LogP contribution in [0.3, 0.4) is 0 Å². The van der Waals surface area contributed by atoms with Crippen molar-refractivity contribution in [2.75, 3.05) is 30.7 Å². The largest absolute Gasteiger partial charge is 0.477 e. The van der Waals surface area contributed by atoms with E-state index in [0.717, 1.165) is 28.0 Å². The summed E-state index contributed by atoms with van der Waals surface area (Å²) in [6.45, 7) is 0.818. The molecule has 3 N–H and O–H groups in total. The third-order valence-electron chi connectivity index (χ3n) is 4.85. The number of fused-ring (bicyclic) bond motifs is 1. The molecule has 198 valence electrons. The number of carboxylic acids is 1. The van der Waals surface area contributed by atoms with Crippen LogP contribution >= 0.6 is 34.7 Å². The van der Waals surface area contributed by atoms with Gasteiger partial charge >= 0.3 is 11.9 Å². The minimum absolute atomic E-state index is 0.0648. The Morgan fingerprint density at radius 1 is 1.32 bits per heavy atom. The maximum atomic E-state index is 12.9. The van der Waals surface area contributed by atoms with Gasteiger partial charge in [-0.15, -0.1) is 34.7 Å². The number of thioether (sulfide) groups is 1. The Balaban J connectivity index is 1.72. The number of hydrogen-bond acceptors (Lipinski definition) is 12. The van der Waals surface area contributed by atoms with Crippen LogP contribution in [0.15, 0.2) is 21.8 Å². The highest BCUT2D eigenvalue weighted by Crippen LogP contribution is 2.40. The summed E-state index contributed by atoms with van der Waals surface area (Å²) in [7, 11) is 1.21. The zero-order valence-corrected chi connectivity index (χ0v) is 21.7. The third-order valence-corrected chi connectivity index (χ3v) is 7.19. The Bertz CT molecular complexity index is 1210. The van der Waals surface area contributed by atoms with Crippen LogP contribution in [-0.2, 0) is 38.3 Å². The lowest BCUT2D eigenvalue weighted by atomic mass is 10.0. The lowest BCUT2D eigenvalue weighted by Gasteiger charge is -2.49. The van der Waals surface area contributed by atoms with Crippen LogP contribution in [0.4, 0.5) is 5.13 Å². The van der Waals surface area contributed by atoms with E-state index in [2.05, 4.69) is 20.8 Å². The fraction of sp³-hybridized carbons (Fsp3) is 0.400. The number of halogens is 1. The van der Waals surface area contributed by atoms with Gasteiger partial charge < -0.3 is 25.3 Å². The number of hydrogen-bond donors (Lipinski definition) is 3. The van der Waals surface area contributed by atoms with Gasteiger partial charge in [0.05, 0.1) is 0 Å². The molecule has 17 heteroatoms. The molecule has 0 spiro atoms. The number of ketones is 1. The Kier molecular flexibility index (Phi) is 9.23. The van der Waals surface area contributed by atoms with Crippen molar-refractivity contribution in [3.8, 4) is 0 Å². The maximum Gasteiger partial charge on any atom is 0.352 e. The second kappa shape index (κ2) is 12.2. The van der Waals surface area contributed by atoms with Crippen LogP contribution < -0.4 is 10.6 Å². The van der Waals surface area contributed by atoms with Gasteiger partial charge in [0.25, 0.3) is 11.8 Å². The number of carboxylic acid groups (broad SMARTS) is 1. The first-order valence-corrected chi connectivity index (χ1v) is 12.8. The first kappa shape index (κ1) is 28.1. The molecule has 1 saturated heterocycles. The number of aliphatic carboxylic acids is 1. The summed E-state index contributed by atoms with van der Waals surface area (Å²) in [5, 5.41) is 19.2. The smallest absolute Gasteiger partial charge is 0.352 e. The van der Waals surface area contributed by atoms with Crippen LogP contribution in [0.2, 0.25) is 0 Å². The fourth-order valence-electron chi connectivity index (χ4n) is 3.31. The van der Waals surface area contributed by atoms with Crippen molar-refractivity contribution >= 4 is 81.0 Å². The molecule has 2 aliphatic rings. The van der Waals surface area contributed by atoms with Gasteiger partial charge in [-0.2, -0.15) is 0 Å². The van der Waals surface area contributed by atoms with E-state index in [1.807, 2.05) is 0 Å². The number of ether oxygens (including phenoxy) is 1. The molecule has 2 atom stereocenters. The highest BCUT2D eigenvalue weighted by atomic mass is 35.5. The monoisotopic (exact) mass is 573 g/mol. The van der Waals surface area contributed by atoms with Gasteiger partial charge in [0.1, 0.15) is 54.6 Å². The third kappa shape index (κ3) is 6.44. The van der Waals surface area contributed by atoms with Crippen molar-refractivity contribution < 1.29 is 43.4 Å². The van der Waals surface area contributed by atoms with E-state index in [9.17, 15) is 33.9 Å². The molecule has 0 aromatic carbocycles. The molecular weight excluding hydrogens is 554 g/mol. The number of rotatable bonds is 11. The van der Waals surface area contributed by atoms with Gasteiger partial charge in [-0.25, -0.2) is 9.78 Å². The lowest BCUT2D eigenvalue weighted by molar-refractivity contribution is -0.150. The molecule has 0 unspecified atom stereocenters. The van der Waals surface area contributed by atoms with Crippen LogP contribution in [0.25, 0.3) is 0 Å². The Morgan fingerprint density at radius 2 is 2.05 bits per heavy atom. The van der Waals surface area contributed by atoms with E-state index in [-0.39, 0.29) is 39.4 Å². The summed E-state index contributed by atoms with van der Waals surface area (Å²) < 4.78 is 4.98.